The van der Waals surface area contributed by atoms with Gasteiger partial charge in [-0.1, -0.05) is 18.2 Å². The maximum absolute atomic E-state index is 12.1. The lowest BCUT2D eigenvalue weighted by atomic mass is 10.0. The standard InChI is InChI=1S/C16H19N3O2S/c1-11-18-12(10-22-11)9-17-16(20)19-14-6-4-8-21-15-7-3-2-5-13(14)15/h2-3,5,7,10,14H,4,6,8-9H2,1H3,(H2,17,19,20). The summed E-state index contributed by atoms with van der Waals surface area (Å²) in [7, 11) is 0. The molecule has 116 valence electrons. The number of carbonyl (C=O) groups is 1. The zero-order valence-corrected chi connectivity index (χ0v) is 13.3. The van der Waals surface area contributed by atoms with Crippen LogP contribution < -0.4 is 15.4 Å². The summed E-state index contributed by atoms with van der Waals surface area (Å²) in [6.45, 7) is 3.09. The van der Waals surface area contributed by atoms with Crippen molar-refractivity contribution in [1.82, 2.24) is 15.6 Å². The number of aryl methyl sites for hydroxylation is 1. The van der Waals surface area contributed by atoms with Gasteiger partial charge in [-0.05, 0) is 25.8 Å². The number of hydrogen-bond acceptors (Lipinski definition) is 4. The summed E-state index contributed by atoms with van der Waals surface area (Å²) in [6.07, 6.45) is 1.80. The van der Waals surface area contributed by atoms with Gasteiger partial charge >= 0.3 is 6.03 Å². The molecule has 0 spiro atoms. The SMILES string of the molecule is Cc1nc(CNC(=O)NC2CCCOc3ccccc32)cs1. The Morgan fingerprint density at radius 3 is 3.14 bits per heavy atom. The van der Waals surface area contributed by atoms with E-state index in [4.69, 9.17) is 4.74 Å². The predicted molar refractivity (Wildman–Crippen MR) is 86.1 cm³/mol. The van der Waals surface area contributed by atoms with Gasteiger partial charge in [-0.25, -0.2) is 9.78 Å². The van der Waals surface area contributed by atoms with Crippen molar-refractivity contribution in [3.63, 3.8) is 0 Å². The Hall–Kier alpha value is -2.08. The molecule has 0 saturated heterocycles. The molecule has 1 aliphatic rings. The number of amides is 2. The lowest BCUT2D eigenvalue weighted by Crippen LogP contribution is -2.37. The molecule has 0 saturated carbocycles. The van der Waals surface area contributed by atoms with Crippen LogP contribution in [0, 0.1) is 6.92 Å². The molecule has 0 fully saturated rings. The summed E-state index contributed by atoms with van der Waals surface area (Å²) in [5.74, 6) is 0.862. The summed E-state index contributed by atoms with van der Waals surface area (Å²) in [5.41, 5.74) is 1.93. The van der Waals surface area contributed by atoms with E-state index in [0.717, 1.165) is 34.9 Å². The van der Waals surface area contributed by atoms with Crippen molar-refractivity contribution in [2.45, 2.75) is 32.4 Å². The van der Waals surface area contributed by atoms with Gasteiger partial charge in [0.1, 0.15) is 5.75 Å². The molecule has 0 bridgehead atoms. The average Bonchev–Trinajstić information content (AvgIpc) is 2.83. The lowest BCUT2D eigenvalue weighted by Gasteiger charge is -2.18. The number of ether oxygens (including phenoxy) is 1. The number of fused-ring (bicyclic) bond motifs is 1. The molecule has 1 aliphatic heterocycles. The third-order valence-corrected chi connectivity index (χ3v) is 4.41. The topological polar surface area (TPSA) is 63.2 Å². The Bertz CT molecular complexity index is 656. The van der Waals surface area contributed by atoms with Crippen molar-refractivity contribution in [3.05, 3.63) is 45.9 Å². The van der Waals surface area contributed by atoms with Crippen LogP contribution in [-0.2, 0) is 6.54 Å². The van der Waals surface area contributed by atoms with Crippen molar-refractivity contribution in [2.75, 3.05) is 6.61 Å². The minimum atomic E-state index is -0.174. The van der Waals surface area contributed by atoms with Crippen LogP contribution in [-0.4, -0.2) is 17.6 Å². The Morgan fingerprint density at radius 1 is 1.45 bits per heavy atom. The first-order chi connectivity index (χ1) is 10.7. The van der Waals surface area contributed by atoms with E-state index in [-0.39, 0.29) is 12.1 Å². The van der Waals surface area contributed by atoms with Gasteiger partial charge < -0.3 is 15.4 Å². The summed E-state index contributed by atoms with van der Waals surface area (Å²) in [6, 6.07) is 7.69. The molecule has 5 nitrogen and oxygen atoms in total. The Balaban J connectivity index is 1.61. The van der Waals surface area contributed by atoms with Gasteiger partial charge in [0, 0.05) is 10.9 Å². The van der Waals surface area contributed by atoms with E-state index in [1.165, 1.54) is 0 Å². The van der Waals surface area contributed by atoms with Crippen LogP contribution in [0.25, 0.3) is 0 Å². The van der Waals surface area contributed by atoms with E-state index in [1.807, 2.05) is 36.6 Å². The minimum absolute atomic E-state index is 0.0177. The van der Waals surface area contributed by atoms with Gasteiger partial charge in [0.2, 0.25) is 0 Å². The molecule has 2 heterocycles. The highest BCUT2D eigenvalue weighted by Gasteiger charge is 2.20. The summed E-state index contributed by atoms with van der Waals surface area (Å²) in [4.78, 5) is 16.5. The maximum Gasteiger partial charge on any atom is 0.315 e. The van der Waals surface area contributed by atoms with Gasteiger partial charge in [0.15, 0.2) is 0 Å². The van der Waals surface area contributed by atoms with Crippen LogP contribution in [0.5, 0.6) is 5.75 Å². The number of para-hydroxylation sites is 1. The van der Waals surface area contributed by atoms with Gasteiger partial charge in [-0.15, -0.1) is 11.3 Å². The average molecular weight is 317 g/mol. The number of thiazole rings is 1. The number of aromatic nitrogens is 1. The monoisotopic (exact) mass is 317 g/mol. The third-order valence-electron chi connectivity index (χ3n) is 3.59. The van der Waals surface area contributed by atoms with Crippen molar-refractivity contribution in [1.29, 1.82) is 0 Å². The molecular weight excluding hydrogens is 298 g/mol. The quantitative estimate of drug-likeness (QED) is 0.914. The number of nitrogens with zero attached hydrogens (tertiary/aromatic N) is 1. The fraction of sp³-hybridized carbons (Fsp3) is 0.375. The number of hydrogen-bond donors (Lipinski definition) is 2. The molecule has 1 aromatic heterocycles. The molecule has 1 unspecified atom stereocenters. The third kappa shape index (κ3) is 3.57. The summed E-state index contributed by atoms with van der Waals surface area (Å²) >= 11 is 1.59. The van der Waals surface area contributed by atoms with Crippen LogP contribution in [0.2, 0.25) is 0 Å². The van der Waals surface area contributed by atoms with Crippen LogP contribution in [0.1, 0.15) is 35.1 Å². The van der Waals surface area contributed by atoms with Crippen molar-refractivity contribution in [2.24, 2.45) is 0 Å². The van der Waals surface area contributed by atoms with E-state index in [9.17, 15) is 4.79 Å². The molecule has 1 atom stereocenters. The predicted octanol–water partition coefficient (Wildman–Crippen LogP) is 3.16. The van der Waals surface area contributed by atoms with Crippen LogP contribution in [0.4, 0.5) is 4.79 Å². The Kier molecular flexibility index (Phi) is 4.58. The molecule has 2 amide bonds. The molecule has 6 heteroatoms. The maximum atomic E-state index is 12.1. The van der Waals surface area contributed by atoms with Crippen molar-refractivity contribution >= 4 is 17.4 Å². The lowest BCUT2D eigenvalue weighted by molar-refractivity contribution is 0.235. The van der Waals surface area contributed by atoms with Crippen LogP contribution >= 0.6 is 11.3 Å². The normalized spacial score (nSPS) is 17.0. The van der Waals surface area contributed by atoms with Gasteiger partial charge in [0.05, 0.1) is 29.9 Å². The van der Waals surface area contributed by atoms with Gasteiger partial charge in [-0.2, -0.15) is 0 Å². The van der Waals surface area contributed by atoms with Crippen LogP contribution in [0.15, 0.2) is 29.6 Å². The molecule has 0 aliphatic carbocycles. The fourth-order valence-corrected chi connectivity index (χ4v) is 3.16. The second kappa shape index (κ2) is 6.79. The Morgan fingerprint density at radius 2 is 2.32 bits per heavy atom. The van der Waals surface area contributed by atoms with E-state index >= 15 is 0 Å². The smallest absolute Gasteiger partial charge is 0.315 e. The highest BCUT2D eigenvalue weighted by Crippen LogP contribution is 2.30. The molecule has 2 N–H and O–H groups in total. The summed E-state index contributed by atoms with van der Waals surface area (Å²) in [5, 5.41) is 8.87. The van der Waals surface area contributed by atoms with E-state index in [1.54, 1.807) is 11.3 Å². The number of urea groups is 1. The first-order valence-electron chi connectivity index (χ1n) is 7.39. The first kappa shape index (κ1) is 14.8. The highest BCUT2D eigenvalue weighted by atomic mass is 32.1. The second-order valence-electron chi connectivity index (χ2n) is 5.27. The van der Waals surface area contributed by atoms with Gasteiger partial charge in [-0.3, -0.25) is 0 Å². The fourth-order valence-electron chi connectivity index (χ4n) is 2.54. The zero-order valence-electron chi connectivity index (χ0n) is 12.5. The number of benzene rings is 1. The van der Waals surface area contributed by atoms with E-state index in [0.29, 0.717) is 13.2 Å². The highest BCUT2D eigenvalue weighted by molar-refractivity contribution is 7.09. The van der Waals surface area contributed by atoms with Crippen LogP contribution in [0.3, 0.4) is 0 Å². The van der Waals surface area contributed by atoms with Gasteiger partial charge in [0.25, 0.3) is 0 Å². The summed E-state index contributed by atoms with van der Waals surface area (Å²) < 4.78 is 5.71. The zero-order chi connectivity index (χ0) is 15.4. The number of nitrogens with one attached hydrogen (secondary N) is 2. The van der Waals surface area contributed by atoms with Crippen molar-refractivity contribution in [3.8, 4) is 5.75 Å². The molecule has 0 radical (unpaired) electrons. The number of carbonyl (C=O) groups excluding carboxylic acids is 1. The number of rotatable bonds is 3. The van der Waals surface area contributed by atoms with E-state index in [2.05, 4.69) is 15.6 Å². The minimum Gasteiger partial charge on any atom is -0.493 e. The molecule has 1 aromatic carbocycles. The molecule has 3 rings (SSSR count). The van der Waals surface area contributed by atoms with Crippen molar-refractivity contribution < 1.29 is 9.53 Å². The first-order valence-corrected chi connectivity index (χ1v) is 8.27. The molecular formula is C16H19N3O2S. The Labute approximate surface area is 133 Å². The molecule has 22 heavy (non-hydrogen) atoms. The van der Waals surface area contributed by atoms with E-state index < -0.39 is 0 Å². The molecule has 2 aromatic rings. The second-order valence-corrected chi connectivity index (χ2v) is 6.33. The largest absolute Gasteiger partial charge is 0.493 e.